The average Bonchev–Trinajstić information content (AvgIpc) is 2.43. The summed E-state index contributed by atoms with van der Waals surface area (Å²) in [5, 5.41) is 2.64. The van der Waals surface area contributed by atoms with E-state index in [1.165, 1.54) is 0 Å². The fourth-order valence-electron chi connectivity index (χ4n) is 1.78. The second-order valence-corrected chi connectivity index (χ2v) is 6.07. The number of amides is 1. The van der Waals surface area contributed by atoms with Crippen LogP contribution >= 0.6 is 0 Å². The Balaban J connectivity index is 2.28. The molecule has 1 amide bonds. The van der Waals surface area contributed by atoms with Crippen LogP contribution in [-0.2, 0) is 19.1 Å². The molecule has 0 radical (unpaired) electrons. The van der Waals surface area contributed by atoms with Gasteiger partial charge in [-0.1, -0.05) is 18.2 Å². The molecule has 1 rings (SSSR count). The number of ether oxygens (including phenoxy) is 2. The van der Waals surface area contributed by atoms with E-state index in [0.717, 1.165) is 5.56 Å². The van der Waals surface area contributed by atoms with Crippen LogP contribution in [0.1, 0.15) is 43.1 Å². The molecule has 0 heterocycles. The maximum absolute atomic E-state index is 11.9. The van der Waals surface area contributed by atoms with Crippen LogP contribution in [0.5, 0.6) is 0 Å². The normalized spacial score (nSPS) is 10.8. The third kappa shape index (κ3) is 7.44. The van der Waals surface area contributed by atoms with Crippen LogP contribution in [0.3, 0.4) is 0 Å². The molecule has 0 aliphatic heterocycles. The van der Waals surface area contributed by atoms with Crippen LogP contribution in [0.15, 0.2) is 24.3 Å². The summed E-state index contributed by atoms with van der Waals surface area (Å²) in [4.78, 5) is 34.8. The molecule has 6 nitrogen and oxygen atoms in total. The van der Waals surface area contributed by atoms with E-state index in [2.05, 4.69) is 5.32 Å². The molecule has 1 aromatic carbocycles. The molecule has 1 aromatic rings. The molecular formula is C17H23NO5. The lowest BCUT2D eigenvalue weighted by Crippen LogP contribution is -2.29. The Hall–Kier alpha value is -2.37. The van der Waals surface area contributed by atoms with Crippen molar-refractivity contribution in [2.45, 2.75) is 39.7 Å². The Morgan fingerprint density at radius 3 is 2.35 bits per heavy atom. The SMILES string of the molecule is Cc1ccccc1C(=O)NCCC(=O)OCC(=O)OC(C)(C)C. The monoisotopic (exact) mass is 321 g/mol. The van der Waals surface area contributed by atoms with E-state index in [1.54, 1.807) is 32.9 Å². The third-order valence-corrected chi connectivity index (χ3v) is 2.78. The van der Waals surface area contributed by atoms with Gasteiger partial charge in [0.15, 0.2) is 6.61 Å². The highest BCUT2D eigenvalue weighted by Crippen LogP contribution is 2.07. The summed E-state index contributed by atoms with van der Waals surface area (Å²) in [6.07, 6.45) is -0.0135. The van der Waals surface area contributed by atoms with Crippen molar-refractivity contribution in [1.82, 2.24) is 5.32 Å². The molecule has 0 saturated heterocycles. The Kier molecular flexibility index (Phi) is 6.75. The number of esters is 2. The zero-order valence-electron chi connectivity index (χ0n) is 14.0. The Bertz CT molecular complexity index is 575. The van der Waals surface area contributed by atoms with Gasteiger partial charge in [0.1, 0.15) is 5.60 Å². The van der Waals surface area contributed by atoms with Gasteiger partial charge in [0.2, 0.25) is 0 Å². The fraction of sp³-hybridized carbons (Fsp3) is 0.471. The molecule has 0 spiro atoms. The van der Waals surface area contributed by atoms with Gasteiger partial charge in [0.25, 0.3) is 5.91 Å². The minimum absolute atomic E-state index is 0.0135. The van der Waals surface area contributed by atoms with Crippen LogP contribution in [0.2, 0.25) is 0 Å². The summed E-state index contributed by atoms with van der Waals surface area (Å²) in [6, 6.07) is 7.17. The van der Waals surface area contributed by atoms with Crippen LogP contribution in [-0.4, -0.2) is 36.6 Å². The Morgan fingerprint density at radius 1 is 1.09 bits per heavy atom. The minimum Gasteiger partial charge on any atom is -0.457 e. The van der Waals surface area contributed by atoms with Gasteiger partial charge in [-0.05, 0) is 39.3 Å². The molecule has 0 aliphatic carbocycles. The lowest BCUT2D eigenvalue weighted by Gasteiger charge is -2.19. The van der Waals surface area contributed by atoms with E-state index in [1.807, 2.05) is 19.1 Å². The molecule has 0 saturated carbocycles. The third-order valence-electron chi connectivity index (χ3n) is 2.78. The fourth-order valence-corrected chi connectivity index (χ4v) is 1.78. The zero-order chi connectivity index (χ0) is 17.5. The van der Waals surface area contributed by atoms with Crippen molar-refractivity contribution in [2.24, 2.45) is 0 Å². The van der Waals surface area contributed by atoms with Crippen molar-refractivity contribution in [3.8, 4) is 0 Å². The lowest BCUT2D eigenvalue weighted by molar-refractivity contribution is -0.166. The number of aryl methyl sites for hydroxylation is 1. The highest BCUT2D eigenvalue weighted by Gasteiger charge is 2.17. The van der Waals surface area contributed by atoms with Crippen molar-refractivity contribution in [3.63, 3.8) is 0 Å². The maximum atomic E-state index is 11.9. The smallest absolute Gasteiger partial charge is 0.344 e. The molecular weight excluding hydrogens is 298 g/mol. The minimum atomic E-state index is -0.620. The van der Waals surface area contributed by atoms with E-state index < -0.39 is 24.1 Å². The summed E-state index contributed by atoms with van der Waals surface area (Å²) >= 11 is 0. The van der Waals surface area contributed by atoms with Crippen molar-refractivity contribution in [3.05, 3.63) is 35.4 Å². The number of hydrogen-bond donors (Lipinski definition) is 1. The van der Waals surface area contributed by atoms with Gasteiger partial charge in [0.05, 0.1) is 6.42 Å². The molecule has 0 fully saturated rings. The first-order chi connectivity index (χ1) is 10.7. The number of benzene rings is 1. The van der Waals surface area contributed by atoms with Gasteiger partial charge >= 0.3 is 11.9 Å². The highest BCUT2D eigenvalue weighted by atomic mass is 16.6. The summed E-state index contributed by atoms with van der Waals surface area (Å²) in [6.45, 7) is 6.74. The van der Waals surface area contributed by atoms with Gasteiger partial charge in [0, 0.05) is 12.1 Å². The van der Waals surface area contributed by atoms with Gasteiger partial charge in [-0.15, -0.1) is 0 Å². The second kappa shape index (κ2) is 8.31. The Morgan fingerprint density at radius 2 is 1.74 bits per heavy atom. The van der Waals surface area contributed by atoms with Crippen molar-refractivity contribution in [1.29, 1.82) is 0 Å². The standard InChI is InChI=1S/C17H23NO5/c1-12-7-5-6-8-13(12)16(21)18-10-9-14(19)22-11-15(20)23-17(2,3)4/h5-8H,9-11H2,1-4H3,(H,18,21). The van der Waals surface area contributed by atoms with E-state index in [4.69, 9.17) is 9.47 Å². The van der Waals surface area contributed by atoms with Crippen LogP contribution in [0.25, 0.3) is 0 Å². The van der Waals surface area contributed by atoms with Crippen molar-refractivity contribution in [2.75, 3.05) is 13.2 Å². The van der Waals surface area contributed by atoms with Crippen molar-refractivity contribution < 1.29 is 23.9 Å². The average molecular weight is 321 g/mol. The summed E-state index contributed by atoms with van der Waals surface area (Å²) in [5.41, 5.74) is 0.803. The Labute approximate surface area is 136 Å². The van der Waals surface area contributed by atoms with Gasteiger partial charge in [-0.25, -0.2) is 4.79 Å². The van der Waals surface area contributed by atoms with Crippen LogP contribution in [0, 0.1) is 6.92 Å². The van der Waals surface area contributed by atoms with Crippen LogP contribution in [0.4, 0.5) is 0 Å². The van der Waals surface area contributed by atoms with E-state index >= 15 is 0 Å². The molecule has 0 aliphatic rings. The highest BCUT2D eigenvalue weighted by molar-refractivity contribution is 5.95. The molecule has 1 N–H and O–H groups in total. The summed E-state index contributed by atoms with van der Waals surface area (Å²) < 4.78 is 9.81. The number of carbonyl (C=O) groups excluding carboxylic acids is 3. The second-order valence-electron chi connectivity index (χ2n) is 6.07. The largest absolute Gasteiger partial charge is 0.457 e. The number of hydrogen-bond acceptors (Lipinski definition) is 5. The molecule has 0 bridgehead atoms. The number of nitrogens with one attached hydrogen (secondary N) is 1. The van der Waals surface area contributed by atoms with E-state index in [9.17, 15) is 14.4 Å². The number of carbonyl (C=O) groups is 3. The zero-order valence-corrected chi connectivity index (χ0v) is 14.0. The summed E-state index contributed by atoms with van der Waals surface area (Å²) in [5.74, 6) is -1.42. The molecule has 126 valence electrons. The van der Waals surface area contributed by atoms with Gasteiger partial charge < -0.3 is 14.8 Å². The quantitative estimate of drug-likeness (QED) is 0.810. The van der Waals surface area contributed by atoms with Gasteiger partial charge in [-0.3, -0.25) is 9.59 Å². The maximum Gasteiger partial charge on any atom is 0.344 e. The van der Waals surface area contributed by atoms with Crippen LogP contribution < -0.4 is 5.32 Å². The molecule has 0 atom stereocenters. The van der Waals surface area contributed by atoms with Gasteiger partial charge in [-0.2, -0.15) is 0 Å². The topological polar surface area (TPSA) is 81.7 Å². The van der Waals surface area contributed by atoms with E-state index in [0.29, 0.717) is 5.56 Å². The predicted molar refractivity (Wildman–Crippen MR) is 84.9 cm³/mol. The molecule has 23 heavy (non-hydrogen) atoms. The molecule has 6 heteroatoms. The first-order valence-electron chi connectivity index (χ1n) is 7.40. The van der Waals surface area contributed by atoms with E-state index in [-0.39, 0.29) is 18.9 Å². The predicted octanol–water partition coefficient (Wildman–Crippen LogP) is 2.00. The lowest BCUT2D eigenvalue weighted by atomic mass is 10.1. The summed E-state index contributed by atoms with van der Waals surface area (Å²) in [7, 11) is 0. The number of rotatable bonds is 6. The molecule has 0 unspecified atom stereocenters. The van der Waals surface area contributed by atoms with Crippen molar-refractivity contribution >= 4 is 17.8 Å². The molecule has 0 aromatic heterocycles. The first-order valence-corrected chi connectivity index (χ1v) is 7.40. The first kappa shape index (κ1) is 18.7.